The maximum absolute atomic E-state index is 5.40. The Labute approximate surface area is 144 Å². The standard InChI is InChI=1S/C20H25NO3/c1-20(2,3)17-11-9-15(10-12-17)14-24-21-13-16-7-6-8-18(22-4)19(16)23-5/h6-13H,14H2,1-5H3. The van der Waals surface area contributed by atoms with Gasteiger partial charge in [-0.3, -0.25) is 0 Å². The number of hydrogen-bond donors (Lipinski definition) is 0. The second kappa shape index (κ2) is 7.86. The Kier molecular flexibility index (Phi) is 5.85. The fourth-order valence-corrected chi connectivity index (χ4v) is 2.32. The molecule has 4 nitrogen and oxygen atoms in total. The Morgan fingerprint density at radius 3 is 2.25 bits per heavy atom. The molecule has 0 heterocycles. The molecule has 2 aromatic rings. The Bertz CT molecular complexity index is 685. The number of hydrogen-bond acceptors (Lipinski definition) is 4. The summed E-state index contributed by atoms with van der Waals surface area (Å²) in [6.07, 6.45) is 1.63. The van der Waals surface area contributed by atoms with Crippen LogP contribution in [0.1, 0.15) is 37.5 Å². The molecule has 2 aromatic carbocycles. The molecule has 0 aromatic heterocycles. The van der Waals surface area contributed by atoms with E-state index in [-0.39, 0.29) is 5.41 Å². The Morgan fingerprint density at radius 1 is 0.958 bits per heavy atom. The lowest BCUT2D eigenvalue weighted by Gasteiger charge is -2.18. The number of rotatable bonds is 6. The monoisotopic (exact) mass is 327 g/mol. The van der Waals surface area contributed by atoms with E-state index in [0.29, 0.717) is 18.1 Å². The highest BCUT2D eigenvalue weighted by Gasteiger charge is 2.12. The van der Waals surface area contributed by atoms with Crippen LogP contribution < -0.4 is 9.47 Å². The Hall–Kier alpha value is -2.49. The maximum Gasteiger partial charge on any atom is 0.169 e. The zero-order chi connectivity index (χ0) is 17.6. The topological polar surface area (TPSA) is 40.0 Å². The zero-order valence-corrected chi connectivity index (χ0v) is 15.0. The van der Waals surface area contributed by atoms with E-state index in [1.807, 2.05) is 18.2 Å². The van der Waals surface area contributed by atoms with Crippen LogP contribution in [0.3, 0.4) is 0 Å². The third-order valence-corrected chi connectivity index (χ3v) is 3.75. The summed E-state index contributed by atoms with van der Waals surface area (Å²) in [6.45, 7) is 7.02. The normalized spacial score (nSPS) is 11.5. The molecule has 0 saturated carbocycles. The van der Waals surface area contributed by atoms with E-state index in [9.17, 15) is 0 Å². The summed E-state index contributed by atoms with van der Waals surface area (Å²) >= 11 is 0. The molecule has 0 N–H and O–H groups in total. The van der Waals surface area contributed by atoms with Gasteiger partial charge < -0.3 is 14.3 Å². The van der Waals surface area contributed by atoms with Gasteiger partial charge in [-0.25, -0.2) is 0 Å². The zero-order valence-electron chi connectivity index (χ0n) is 15.0. The lowest BCUT2D eigenvalue weighted by Crippen LogP contribution is -2.10. The lowest BCUT2D eigenvalue weighted by molar-refractivity contribution is 0.132. The highest BCUT2D eigenvalue weighted by Crippen LogP contribution is 2.29. The predicted molar refractivity (Wildman–Crippen MR) is 97.1 cm³/mol. The van der Waals surface area contributed by atoms with Crippen molar-refractivity contribution in [1.29, 1.82) is 0 Å². The molecular formula is C20H25NO3. The van der Waals surface area contributed by atoms with Gasteiger partial charge in [-0.1, -0.05) is 56.3 Å². The van der Waals surface area contributed by atoms with E-state index >= 15 is 0 Å². The van der Waals surface area contributed by atoms with Crippen molar-refractivity contribution in [3.8, 4) is 11.5 Å². The van der Waals surface area contributed by atoms with Gasteiger partial charge in [-0.05, 0) is 28.7 Å². The first-order valence-corrected chi connectivity index (χ1v) is 7.91. The van der Waals surface area contributed by atoms with Crippen molar-refractivity contribution in [3.63, 3.8) is 0 Å². The van der Waals surface area contributed by atoms with Crippen LogP contribution in [0.5, 0.6) is 11.5 Å². The number of benzene rings is 2. The highest BCUT2D eigenvalue weighted by molar-refractivity contribution is 5.84. The number of nitrogens with zero attached hydrogens (tertiary/aromatic N) is 1. The molecule has 0 spiro atoms. The SMILES string of the molecule is COc1cccc(C=NOCc2ccc(C(C)(C)C)cc2)c1OC. The molecule has 0 aliphatic carbocycles. The van der Waals surface area contributed by atoms with Crippen molar-refractivity contribution in [2.45, 2.75) is 32.8 Å². The lowest BCUT2D eigenvalue weighted by atomic mass is 9.87. The molecule has 0 atom stereocenters. The first-order valence-electron chi connectivity index (χ1n) is 7.91. The molecule has 0 unspecified atom stereocenters. The van der Waals surface area contributed by atoms with E-state index in [4.69, 9.17) is 14.3 Å². The van der Waals surface area contributed by atoms with Crippen LogP contribution in [-0.2, 0) is 16.9 Å². The number of oxime groups is 1. The predicted octanol–water partition coefficient (Wildman–Crippen LogP) is 4.55. The smallest absolute Gasteiger partial charge is 0.169 e. The van der Waals surface area contributed by atoms with Crippen molar-refractivity contribution in [1.82, 2.24) is 0 Å². The molecule has 0 fully saturated rings. The van der Waals surface area contributed by atoms with Gasteiger partial charge in [0.25, 0.3) is 0 Å². The van der Waals surface area contributed by atoms with Crippen LogP contribution in [0.2, 0.25) is 0 Å². The van der Waals surface area contributed by atoms with Gasteiger partial charge >= 0.3 is 0 Å². The molecule has 2 rings (SSSR count). The Morgan fingerprint density at radius 2 is 1.67 bits per heavy atom. The van der Waals surface area contributed by atoms with Gasteiger partial charge in [-0.2, -0.15) is 0 Å². The second-order valence-electron chi connectivity index (χ2n) is 6.54. The third-order valence-electron chi connectivity index (χ3n) is 3.75. The molecule has 0 aliphatic rings. The quantitative estimate of drug-likeness (QED) is 0.577. The van der Waals surface area contributed by atoms with Crippen molar-refractivity contribution in [2.24, 2.45) is 5.16 Å². The minimum atomic E-state index is 0.153. The van der Waals surface area contributed by atoms with Crippen molar-refractivity contribution in [3.05, 3.63) is 59.2 Å². The van der Waals surface area contributed by atoms with Crippen LogP contribution >= 0.6 is 0 Å². The number of ether oxygens (including phenoxy) is 2. The van der Waals surface area contributed by atoms with Crippen LogP contribution in [-0.4, -0.2) is 20.4 Å². The fraction of sp³-hybridized carbons (Fsp3) is 0.350. The maximum atomic E-state index is 5.40. The largest absolute Gasteiger partial charge is 0.493 e. The summed E-state index contributed by atoms with van der Waals surface area (Å²) in [7, 11) is 3.21. The first kappa shape index (κ1) is 17.9. The summed E-state index contributed by atoms with van der Waals surface area (Å²) in [5, 5.41) is 4.03. The molecule has 0 bridgehead atoms. The molecule has 4 heteroatoms. The molecule has 0 radical (unpaired) electrons. The van der Waals surface area contributed by atoms with Gasteiger partial charge in [-0.15, -0.1) is 0 Å². The van der Waals surface area contributed by atoms with E-state index in [2.05, 4.69) is 50.2 Å². The van der Waals surface area contributed by atoms with Crippen LogP contribution in [0.15, 0.2) is 47.6 Å². The first-order chi connectivity index (χ1) is 11.5. The van der Waals surface area contributed by atoms with E-state index < -0.39 is 0 Å². The molecule has 0 saturated heterocycles. The van der Waals surface area contributed by atoms with E-state index in [1.165, 1.54) is 5.56 Å². The number of para-hydroxylation sites is 1. The van der Waals surface area contributed by atoms with Crippen molar-refractivity contribution >= 4 is 6.21 Å². The summed E-state index contributed by atoms with van der Waals surface area (Å²) in [5.41, 5.74) is 3.34. The summed E-state index contributed by atoms with van der Waals surface area (Å²) in [6, 6.07) is 14.0. The fourth-order valence-electron chi connectivity index (χ4n) is 2.32. The van der Waals surface area contributed by atoms with E-state index in [1.54, 1.807) is 20.4 Å². The second-order valence-corrected chi connectivity index (χ2v) is 6.54. The summed E-state index contributed by atoms with van der Waals surface area (Å²) in [4.78, 5) is 5.40. The van der Waals surface area contributed by atoms with Gasteiger partial charge in [0.2, 0.25) is 0 Å². The van der Waals surface area contributed by atoms with Crippen molar-refractivity contribution < 1.29 is 14.3 Å². The number of methoxy groups -OCH3 is 2. The summed E-state index contributed by atoms with van der Waals surface area (Å²) < 4.78 is 10.6. The Balaban J connectivity index is 1.98. The average molecular weight is 327 g/mol. The van der Waals surface area contributed by atoms with Crippen LogP contribution in [0, 0.1) is 0 Å². The van der Waals surface area contributed by atoms with Crippen LogP contribution in [0.4, 0.5) is 0 Å². The third kappa shape index (κ3) is 4.51. The minimum absolute atomic E-state index is 0.153. The van der Waals surface area contributed by atoms with E-state index in [0.717, 1.165) is 11.1 Å². The minimum Gasteiger partial charge on any atom is -0.493 e. The van der Waals surface area contributed by atoms with Gasteiger partial charge in [0, 0.05) is 5.56 Å². The molecule has 0 aliphatic heterocycles. The van der Waals surface area contributed by atoms with Gasteiger partial charge in [0.15, 0.2) is 11.5 Å². The molecule has 24 heavy (non-hydrogen) atoms. The molecule has 128 valence electrons. The molecular weight excluding hydrogens is 302 g/mol. The van der Waals surface area contributed by atoms with Crippen molar-refractivity contribution in [2.75, 3.05) is 14.2 Å². The van der Waals surface area contributed by atoms with Gasteiger partial charge in [0.1, 0.15) is 6.61 Å². The summed E-state index contributed by atoms with van der Waals surface area (Å²) in [5.74, 6) is 1.31. The highest BCUT2D eigenvalue weighted by atomic mass is 16.6. The average Bonchev–Trinajstić information content (AvgIpc) is 2.58. The van der Waals surface area contributed by atoms with Crippen LogP contribution in [0.25, 0.3) is 0 Å². The van der Waals surface area contributed by atoms with Gasteiger partial charge in [0.05, 0.1) is 20.4 Å². The molecule has 0 amide bonds.